The Morgan fingerprint density at radius 1 is 1.10 bits per heavy atom. The number of hydrogen-bond donors (Lipinski definition) is 0. The van der Waals surface area contributed by atoms with Crippen molar-refractivity contribution in [3.63, 3.8) is 0 Å². The topological polar surface area (TPSA) is 12.5 Å². The third-order valence-electron chi connectivity index (χ3n) is 3.25. The van der Waals surface area contributed by atoms with Crippen LogP contribution >= 0.6 is 0 Å². The van der Waals surface area contributed by atoms with Crippen LogP contribution in [0.4, 0.5) is 14.5 Å². The standard InChI is InChI=1S/C15H13BF2NO/c1-10-2-5-15(19-16-6-7-20-19)13(8-10)12-4-3-11(17)9-14(12)18/h2-5,8-9H,6-7H2,1H3. The first-order valence-electron chi connectivity index (χ1n) is 6.47. The quantitative estimate of drug-likeness (QED) is 0.772. The summed E-state index contributed by atoms with van der Waals surface area (Å²) in [4.78, 5) is 7.14. The molecule has 1 aliphatic heterocycles. The predicted octanol–water partition coefficient (Wildman–Crippen LogP) is 3.73. The molecule has 0 N–H and O–H groups in total. The summed E-state index contributed by atoms with van der Waals surface area (Å²) < 4.78 is 27.1. The third-order valence-corrected chi connectivity index (χ3v) is 3.25. The second-order valence-corrected chi connectivity index (χ2v) is 4.78. The van der Waals surface area contributed by atoms with E-state index in [-0.39, 0.29) is 0 Å². The Hall–Kier alpha value is -1.88. The zero-order chi connectivity index (χ0) is 14.1. The van der Waals surface area contributed by atoms with E-state index in [1.54, 1.807) is 4.97 Å². The summed E-state index contributed by atoms with van der Waals surface area (Å²) in [6, 6.07) is 9.32. The zero-order valence-electron chi connectivity index (χ0n) is 11.1. The number of halogens is 2. The molecule has 101 valence electrons. The molecule has 1 aliphatic rings. The van der Waals surface area contributed by atoms with E-state index in [0.717, 1.165) is 23.6 Å². The summed E-state index contributed by atoms with van der Waals surface area (Å²) in [6.07, 6.45) is 0.819. The highest BCUT2D eigenvalue weighted by Crippen LogP contribution is 2.34. The van der Waals surface area contributed by atoms with E-state index >= 15 is 0 Å². The van der Waals surface area contributed by atoms with Crippen LogP contribution in [0.15, 0.2) is 36.4 Å². The molecule has 2 aromatic carbocycles. The van der Waals surface area contributed by atoms with Crippen LogP contribution in [0.25, 0.3) is 11.1 Å². The molecular formula is C15H13BF2NO. The third kappa shape index (κ3) is 2.41. The summed E-state index contributed by atoms with van der Waals surface area (Å²) in [5.41, 5.74) is 2.83. The first-order chi connectivity index (χ1) is 9.65. The Balaban J connectivity index is 2.13. The highest BCUT2D eigenvalue weighted by atomic mass is 19.1. The molecule has 0 unspecified atom stereocenters. The van der Waals surface area contributed by atoms with Gasteiger partial charge in [0.1, 0.15) is 11.6 Å². The molecule has 1 radical (unpaired) electrons. The number of hydrogen-bond acceptors (Lipinski definition) is 2. The van der Waals surface area contributed by atoms with Crippen molar-refractivity contribution in [1.29, 1.82) is 0 Å². The molecule has 0 aromatic heterocycles. The number of aryl methyl sites for hydroxylation is 1. The molecular weight excluding hydrogens is 259 g/mol. The van der Waals surface area contributed by atoms with Crippen LogP contribution in [0.5, 0.6) is 0 Å². The van der Waals surface area contributed by atoms with E-state index in [0.29, 0.717) is 17.7 Å². The first-order valence-corrected chi connectivity index (χ1v) is 6.47. The van der Waals surface area contributed by atoms with Crippen molar-refractivity contribution in [2.75, 3.05) is 11.6 Å². The van der Waals surface area contributed by atoms with Gasteiger partial charge in [-0.25, -0.2) is 8.78 Å². The van der Waals surface area contributed by atoms with Gasteiger partial charge in [0.2, 0.25) is 0 Å². The van der Waals surface area contributed by atoms with Crippen LogP contribution in [0.2, 0.25) is 6.32 Å². The van der Waals surface area contributed by atoms with Crippen molar-refractivity contribution >= 4 is 13.1 Å². The average molecular weight is 272 g/mol. The molecule has 0 aliphatic carbocycles. The lowest BCUT2D eigenvalue weighted by atomic mass is 9.88. The maximum atomic E-state index is 14.0. The van der Waals surface area contributed by atoms with Gasteiger partial charge in [0, 0.05) is 17.2 Å². The van der Waals surface area contributed by atoms with Crippen LogP contribution in [0.1, 0.15) is 5.56 Å². The second kappa shape index (κ2) is 5.25. The molecule has 0 spiro atoms. The molecule has 0 amide bonds. The number of nitrogens with zero attached hydrogens (tertiary/aromatic N) is 1. The fraction of sp³-hybridized carbons (Fsp3) is 0.200. The maximum absolute atomic E-state index is 14.0. The van der Waals surface area contributed by atoms with Gasteiger partial charge in [-0.15, -0.1) is 0 Å². The molecule has 1 heterocycles. The highest BCUT2D eigenvalue weighted by molar-refractivity contribution is 6.41. The van der Waals surface area contributed by atoms with Crippen LogP contribution in [-0.2, 0) is 4.84 Å². The Kier molecular flexibility index (Phi) is 3.44. The first kappa shape index (κ1) is 13.1. The van der Waals surface area contributed by atoms with Gasteiger partial charge < -0.3 is 4.97 Å². The Morgan fingerprint density at radius 3 is 2.65 bits per heavy atom. The van der Waals surface area contributed by atoms with Crippen LogP contribution < -0.4 is 4.97 Å². The summed E-state index contributed by atoms with van der Waals surface area (Å²) in [5, 5.41) is 0. The SMILES string of the molecule is Cc1ccc(N2[B]CCO2)c(-c2ccc(F)cc2F)c1. The molecule has 20 heavy (non-hydrogen) atoms. The molecule has 3 rings (SSSR count). The van der Waals surface area contributed by atoms with Gasteiger partial charge in [0.05, 0.1) is 12.3 Å². The molecule has 0 saturated carbocycles. The van der Waals surface area contributed by atoms with Gasteiger partial charge >= 0.3 is 0 Å². The second-order valence-electron chi connectivity index (χ2n) is 4.78. The largest absolute Gasteiger partial charge is 0.306 e. The summed E-state index contributed by atoms with van der Waals surface area (Å²) in [7, 11) is 1.91. The minimum Gasteiger partial charge on any atom is -0.306 e. The predicted molar refractivity (Wildman–Crippen MR) is 75.5 cm³/mol. The van der Waals surface area contributed by atoms with E-state index in [9.17, 15) is 8.78 Å². The van der Waals surface area contributed by atoms with Crippen molar-refractivity contribution in [1.82, 2.24) is 0 Å². The van der Waals surface area contributed by atoms with E-state index < -0.39 is 11.6 Å². The van der Waals surface area contributed by atoms with Gasteiger partial charge in [0.15, 0.2) is 0 Å². The number of benzene rings is 2. The number of anilines is 1. The molecule has 1 fully saturated rings. The summed E-state index contributed by atoms with van der Waals surface area (Å²) >= 11 is 0. The van der Waals surface area contributed by atoms with E-state index in [4.69, 9.17) is 4.84 Å². The highest BCUT2D eigenvalue weighted by Gasteiger charge is 2.20. The van der Waals surface area contributed by atoms with Crippen molar-refractivity contribution in [3.8, 4) is 11.1 Å². The molecule has 5 heteroatoms. The zero-order valence-corrected chi connectivity index (χ0v) is 11.1. The lowest BCUT2D eigenvalue weighted by Gasteiger charge is -2.21. The average Bonchev–Trinajstić information content (AvgIpc) is 2.92. The van der Waals surface area contributed by atoms with Gasteiger partial charge in [0.25, 0.3) is 7.41 Å². The van der Waals surface area contributed by atoms with E-state index in [1.807, 2.05) is 32.5 Å². The van der Waals surface area contributed by atoms with Gasteiger partial charge in [-0.3, -0.25) is 4.84 Å². The summed E-state index contributed by atoms with van der Waals surface area (Å²) in [5.74, 6) is -1.15. The number of rotatable bonds is 2. The maximum Gasteiger partial charge on any atom is 0.288 e. The van der Waals surface area contributed by atoms with E-state index in [2.05, 4.69) is 0 Å². The molecule has 0 bridgehead atoms. The Bertz CT molecular complexity index is 642. The summed E-state index contributed by atoms with van der Waals surface area (Å²) in [6.45, 7) is 2.54. The fourth-order valence-electron chi connectivity index (χ4n) is 2.31. The Labute approximate surface area is 117 Å². The fourth-order valence-corrected chi connectivity index (χ4v) is 2.31. The van der Waals surface area contributed by atoms with Crippen LogP contribution in [0, 0.1) is 18.6 Å². The van der Waals surface area contributed by atoms with Gasteiger partial charge in [-0.2, -0.15) is 0 Å². The van der Waals surface area contributed by atoms with Crippen LogP contribution in [0.3, 0.4) is 0 Å². The lowest BCUT2D eigenvalue weighted by Crippen LogP contribution is -2.20. The van der Waals surface area contributed by atoms with Gasteiger partial charge in [-0.1, -0.05) is 11.6 Å². The minimum absolute atomic E-state index is 0.369. The molecule has 2 aromatic rings. The van der Waals surface area contributed by atoms with Crippen molar-refractivity contribution in [2.45, 2.75) is 13.2 Å². The monoisotopic (exact) mass is 272 g/mol. The molecule has 2 nitrogen and oxygen atoms in total. The normalized spacial score (nSPS) is 14.4. The van der Waals surface area contributed by atoms with E-state index in [1.165, 1.54) is 12.1 Å². The van der Waals surface area contributed by atoms with Crippen molar-refractivity contribution < 1.29 is 13.6 Å². The minimum atomic E-state index is -0.579. The lowest BCUT2D eigenvalue weighted by molar-refractivity contribution is 0.185. The van der Waals surface area contributed by atoms with Crippen molar-refractivity contribution in [2.24, 2.45) is 0 Å². The molecule has 0 atom stereocenters. The smallest absolute Gasteiger partial charge is 0.288 e. The van der Waals surface area contributed by atoms with Gasteiger partial charge in [-0.05, 0) is 37.5 Å². The Morgan fingerprint density at radius 2 is 1.95 bits per heavy atom. The van der Waals surface area contributed by atoms with Crippen LogP contribution in [-0.4, -0.2) is 14.0 Å². The molecule has 1 saturated heterocycles. The van der Waals surface area contributed by atoms with Crippen molar-refractivity contribution in [3.05, 3.63) is 53.6 Å².